The first-order chi connectivity index (χ1) is 33.7. The molecule has 4 rings (SSSR count). The van der Waals surface area contributed by atoms with E-state index in [1.54, 1.807) is 20.8 Å². The smallest absolute Gasteiger partial charge is 0.407 e. The Morgan fingerprint density at radius 3 is 2.27 bits per heavy atom. The molecule has 3 saturated heterocycles. The number of rotatable bonds is 15. The average molecular weight is 1010 g/mol. The number of amides is 2. The molecule has 0 spiro atoms. The number of methoxy groups -OCH3 is 1. The van der Waals surface area contributed by atoms with Gasteiger partial charge in [-0.25, -0.2) is 14.4 Å². The second-order valence-electron chi connectivity index (χ2n) is 21.1. The minimum atomic E-state index is -2.61. The molecule has 3 aliphatic heterocycles. The number of aliphatic carboxylic acids is 1. The monoisotopic (exact) mass is 1010 g/mol. The van der Waals surface area contributed by atoms with E-state index in [4.69, 9.17) is 28.5 Å². The molecular formula is C51H85N3O17. The van der Waals surface area contributed by atoms with Crippen LogP contribution in [0.4, 0.5) is 4.79 Å². The van der Waals surface area contributed by atoms with Gasteiger partial charge in [-0.1, -0.05) is 53.1 Å². The minimum Gasteiger partial charge on any atom is -0.479 e. The van der Waals surface area contributed by atoms with Crippen molar-refractivity contribution in [1.82, 2.24) is 10.2 Å². The first-order valence-corrected chi connectivity index (χ1v) is 26.1. The third kappa shape index (κ3) is 16.5. The summed E-state index contributed by atoms with van der Waals surface area (Å²) in [5.41, 5.74) is 0.466. The highest BCUT2D eigenvalue weighted by molar-refractivity contribution is 6.39. The zero-order chi connectivity index (χ0) is 52.6. The average Bonchev–Trinajstić information content (AvgIpc) is 3.33. The van der Waals surface area contributed by atoms with Gasteiger partial charge in [0.25, 0.3) is 11.7 Å². The number of hydrogen-bond acceptors (Lipinski definition) is 17. The van der Waals surface area contributed by atoms with E-state index in [2.05, 4.69) is 17.4 Å². The fraction of sp³-hybridized carbons (Fsp3) is 0.863. The molecule has 20 heteroatoms. The number of hydrogen-bond donors (Lipinski definition) is 6. The van der Waals surface area contributed by atoms with Gasteiger partial charge in [-0.2, -0.15) is 0 Å². The van der Waals surface area contributed by atoms with Crippen LogP contribution in [0.2, 0.25) is 0 Å². The van der Waals surface area contributed by atoms with Crippen molar-refractivity contribution in [2.24, 2.45) is 58.4 Å². The number of piperidine rings is 1. The van der Waals surface area contributed by atoms with Gasteiger partial charge in [-0.05, 0) is 108 Å². The molecule has 2 unspecified atom stereocenters. The number of nitrogens with one attached hydrogen (secondary N) is 1. The van der Waals surface area contributed by atoms with Crippen LogP contribution in [0.1, 0.15) is 138 Å². The Labute approximate surface area is 419 Å². The van der Waals surface area contributed by atoms with Crippen molar-refractivity contribution < 1.29 is 82.8 Å². The molecule has 71 heavy (non-hydrogen) atoms. The van der Waals surface area contributed by atoms with Gasteiger partial charge >= 0.3 is 24.0 Å². The molecule has 4 fully saturated rings. The van der Waals surface area contributed by atoms with Crippen molar-refractivity contribution in [1.29, 1.82) is 0 Å². The summed E-state index contributed by atoms with van der Waals surface area (Å²) in [4.78, 5) is 86.0. The number of aliphatic hydroxyl groups is 4. The number of carbonyl (C=O) groups is 6. The molecule has 0 radical (unpaired) electrons. The molecule has 2 bridgehead atoms. The van der Waals surface area contributed by atoms with E-state index in [-0.39, 0.29) is 75.8 Å². The molecule has 16 atom stereocenters. The molecule has 4 aliphatic rings. The number of ether oxygens (including phenoxy) is 5. The Hall–Kier alpha value is -3.95. The van der Waals surface area contributed by atoms with Crippen LogP contribution in [-0.2, 0) is 52.5 Å². The third-order valence-electron chi connectivity index (χ3n) is 15.4. The number of aliphatic hydroxyl groups excluding tert-OH is 3. The lowest BCUT2D eigenvalue weighted by Crippen LogP contribution is -2.63. The largest absolute Gasteiger partial charge is 0.479 e. The van der Waals surface area contributed by atoms with E-state index in [0.717, 1.165) is 11.3 Å². The fourth-order valence-electron chi connectivity index (χ4n) is 11.8. The normalized spacial score (nSPS) is 36.1. The molecule has 0 aromatic rings. The number of alkyl carbamates (subject to hydrolysis) is 1. The number of carboxylic acid groups (broad SMARTS) is 1. The maximum Gasteiger partial charge on any atom is 0.407 e. The van der Waals surface area contributed by atoms with Gasteiger partial charge in [0.05, 0.1) is 30.6 Å². The van der Waals surface area contributed by atoms with Crippen LogP contribution in [0.3, 0.4) is 0 Å². The molecule has 0 aromatic carbocycles. The van der Waals surface area contributed by atoms with Gasteiger partial charge in [0.1, 0.15) is 24.8 Å². The van der Waals surface area contributed by atoms with Crippen molar-refractivity contribution in [3.05, 3.63) is 0 Å². The maximum atomic E-state index is 14.7. The summed E-state index contributed by atoms with van der Waals surface area (Å²) in [6, 6.07) is -1.22. The van der Waals surface area contributed by atoms with E-state index >= 15 is 0 Å². The lowest BCUT2D eigenvalue weighted by Gasteiger charge is -2.47. The van der Waals surface area contributed by atoms with Gasteiger partial charge in [-0.15, -0.1) is 0 Å². The maximum absolute atomic E-state index is 14.7. The quantitative estimate of drug-likeness (QED) is 0.0574. The summed E-state index contributed by atoms with van der Waals surface area (Å²) < 4.78 is 29.1. The van der Waals surface area contributed by atoms with Crippen molar-refractivity contribution in [3.8, 4) is 0 Å². The van der Waals surface area contributed by atoms with Crippen LogP contribution in [-0.4, -0.2) is 161 Å². The second-order valence-corrected chi connectivity index (χ2v) is 21.1. The summed E-state index contributed by atoms with van der Waals surface area (Å²) in [5.74, 6) is -11.1. The number of Topliss-reactive ketones (excluding diaryl/α,β-unsaturated/α-hetero) is 1. The highest BCUT2D eigenvalue weighted by atomic mass is 16.6. The van der Waals surface area contributed by atoms with Gasteiger partial charge in [0.2, 0.25) is 12.4 Å². The van der Waals surface area contributed by atoms with E-state index in [1.165, 1.54) is 7.11 Å². The van der Waals surface area contributed by atoms with Crippen LogP contribution in [0.15, 0.2) is 5.16 Å². The number of carbonyl (C=O) groups excluding carboxylic acids is 5. The van der Waals surface area contributed by atoms with Crippen molar-refractivity contribution in [2.45, 2.75) is 181 Å². The summed E-state index contributed by atoms with van der Waals surface area (Å²) in [6.07, 6.45) is 1.25. The molecule has 0 aromatic heterocycles. The number of carboxylic acids is 1. The predicted octanol–water partition coefficient (Wildman–Crippen LogP) is 4.39. The SMILES string of the molecule is CCC[C@@H]1CC(C)C[C@H](C)C[C@H](CO)[C@H]2O[C@@](O)(C(=O)C(=O)N3CCCC[C@H]3C(=O)O[C@H](C(C)C[C@@H]3CC[C@@H](OC(=O)NCC(=O)OCC)[C@H](OC)C3)[C@H](C)[C@@H](O)CC1=NOCC(=O)O)[C@H](C)C[C@@H]2CO. The van der Waals surface area contributed by atoms with Crippen molar-refractivity contribution in [3.63, 3.8) is 0 Å². The van der Waals surface area contributed by atoms with Gasteiger partial charge in [0, 0.05) is 62.9 Å². The Bertz CT molecular complexity index is 1780. The van der Waals surface area contributed by atoms with Gasteiger partial charge < -0.3 is 64.3 Å². The number of esters is 2. The number of oxime groups is 1. The standard InChI is InChI=1S/C51H85N3O17/c1-9-13-35-19-29(3)18-30(4)20-36(26-55)46-37(27-56)22-32(6)51(65,71-46)47(61)48(62)54-17-12-11-14-39(54)49(63)70-45(33(7)40(57)24-38(35)53-68-28-43(58)59)31(5)21-34-15-16-41(42(23-34)66-8)69-50(64)52-25-44(60)67-10-2/h29-37,39-42,45-46,55-57,65H,9-28H2,1-8H3,(H,52,64)(H,58,59)/t29?,30-,31?,32+,33+,34-,35+,36+,37+,39-,40-,41+,42+,45+,46+,51+/m0/s1. The fourth-order valence-corrected chi connectivity index (χ4v) is 11.8. The first-order valence-electron chi connectivity index (χ1n) is 26.1. The van der Waals surface area contributed by atoms with Crippen LogP contribution < -0.4 is 5.32 Å². The Balaban J connectivity index is 1.73. The minimum absolute atomic E-state index is 0.0183. The third-order valence-corrected chi connectivity index (χ3v) is 15.4. The molecule has 6 N–H and O–H groups in total. The van der Waals surface area contributed by atoms with Crippen molar-refractivity contribution in [2.75, 3.05) is 46.6 Å². The van der Waals surface area contributed by atoms with E-state index < -0.39 is 114 Å². The second kappa shape index (κ2) is 28.5. The predicted molar refractivity (Wildman–Crippen MR) is 257 cm³/mol. The Morgan fingerprint density at radius 2 is 1.62 bits per heavy atom. The van der Waals surface area contributed by atoms with E-state index in [9.17, 15) is 54.3 Å². The van der Waals surface area contributed by atoms with Crippen molar-refractivity contribution >= 4 is 41.4 Å². The summed E-state index contributed by atoms with van der Waals surface area (Å²) in [6.45, 7) is 11.4. The molecule has 3 heterocycles. The lowest BCUT2D eigenvalue weighted by molar-refractivity contribution is -0.289. The van der Waals surface area contributed by atoms with Crippen LogP contribution in [0.5, 0.6) is 0 Å². The number of cyclic esters (lactones) is 1. The first kappa shape index (κ1) is 59.6. The summed E-state index contributed by atoms with van der Waals surface area (Å²) in [5, 5.41) is 61.9. The lowest BCUT2D eigenvalue weighted by atomic mass is 9.74. The highest BCUT2D eigenvalue weighted by Crippen LogP contribution is 2.42. The molecule has 1 aliphatic carbocycles. The Morgan fingerprint density at radius 1 is 0.930 bits per heavy atom. The molecular weight excluding hydrogens is 927 g/mol. The van der Waals surface area contributed by atoms with Crippen LogP contribution in [0.25, 0.3) is 0 Å². The summed E-state index contributed by atoms with van der Waals surface area (Å²) in [7, 11) is 1.52. The van der Waals surface area contributed by atoms with Crippen LogP contribution >= 0.6 is 0 Å². The number of fused-ring (bicyclic) bond motifs is 3. The Kier molecular flexibility index (Phi) is 23.9. The van der Waals surface area contributed by atoms with Gasteiger partial charge in [0.15, 0.2) is 0 Å². The van der Waals surface area contributed by atoms with Crippen LogP contribution in [0, 0.1) is 53.3 Å². The zero-order valence-electron chi connectivity index (χ0n) is 43.3. The van der Waals surface area contributed by atoms with E-state index in [0.29, 0.717) is 69.9 Å². The molecule has 406 valence electrons. The number of ketones is 1. The zero-order valence-corrected chi connectivity index (χ0v) is 43.3. The topological polar surface area (TPSA) is 287 Å². The molecule has 20 nitrogen and oxygen atoms in total. The van der Waals surface area contributed by atoms with E-state index in [1.807, 2.05) is 20.8 Å². The molecule has 2 amide bonds. The van der Waals surface area contributed by atoms with Gasteiger partial charge in [-0.3, -0.25) is 14.4 Å². The molecule has 1 saturated carbocycles. The summed E-state index contributed by atoms with van der Waals surface area (Å²) >= 11 is 0. The highest BCUT2D eigenvalue weighted by Gasteiger charge is 2.56. The number of nitrogens with zero attached hydrogens (tertiary/aromatic N) is 2.